The highest BCUT2D eigenvalue weighted by molar-refractivity contribution is 5.95. The van der Waals surface area contributed by atoms with E-state index in [1.165, 1.54) is 32.7 Å². The van der Waals surface area contributed by atoms with Crippen molar-refractivity contribution >= 4 is 21.5 Å². The zero-order valence-corrected chi connectivity index (χ0v) is 18.1. The molecule has 0 unspecified atom stereocenters. The molecule has 0 amide bonds. The lowest BCUT2D eigenvalue weighted by Crippen LogP contribution is -1.92. The van der Waals surface area contributed by atoms with Gasteiger partial charge in [-0.3, -0.25) is 9.97 Å². The molecule has 33 heavy (non-hydrogen) atoms. The van der Waals surface area contributed by atoms with E-state index >= 15 is 0 Å². The third-order valence-corrected chi connectivity index (χ3v) is 6.16. The van der Waals surface area contributed by atoms with Gasteiger partial charge in [0.25, 0.3) is 0 Å². The van der Waals surface area contributed by atoms with Crippen LogP contribution in [0.3, 0.4) is 0 Å². The van der Waals surface area contributed by atoms with Gasteiger partial charge in [0.1, 0.15) is 0 Å². The fourth-order valence-electron chi connectivity index (χ4n) is 4.59. The lowest BCUT2D eigenvalue weighted by atomic mass is 9.97. The van der Waals surface area contributed by atoms with Crippen LogP contribution in [0, 0.1) is 0 Å². The minimum absolute atomic E-state index is 0.858. The first-order valence-corrected chi connectivity index (χ1v) is 11.2. The fourth-order valence-corrected chi connectivity index (χ4v) is 4.59. The molecule has 0 atom stereocenters. The number of nitrogens with zero attached hydrogens (tertiary/aromatic N) is 2. The Morgan fingerprint density at radius 1 is 0.455 bits per heavy atom. The van der Waals surface area contributed by atoms with Gasteiger partial charge in [-0.15, -0.1) is 0 Å². The summed E-state index contributed by atoms with van der Waals surface area (Å²) in [6.07, 6.45) is 4.65. The first-order valence-electron chi connectivity index (χ1n) is 11.2. The van der Waals surface area contributed by atoms with Crippen molar-refractivity contribution < 1.29 is 0 Å². The van der Waals surface area contributed by atoms with Crippen molar-refractivity contribution in [2.45, 2.75) is 6.42 Å². The Morgan fingerprint density at radius 3 is 1.45 bits per heavy atom. The molecule has 0 saturated heterocycles. The van der Waals surface area contributed by atoms with E-state index in [1.807, 2.05) is 12.4 Å². The van der Waals surface area contributed by atoms with Gasteiger partial charge in [0.2, 0.25) is 0 Å². The third-order valence-electron chi connectivity index (χ3n) is 6.16. The first kappa shape index (κ1) is 19.4. The maximum absolute atomic E-state index is 4.70. The molecule has 0 radical (unpaired) electrons. The third kappa shape index (κ3) is 3.77. The Hall–Kier alpha value is -4.30. The van der Waals surface area contributed by atoms with E-state index in [0.717, 1.165) is 28.9 Å². The number of pyridine rings is 2. The molecule has 0 saturated carbocycles. The first-order chi connectivity index (χ1) is 16.3. The van der Waals surface area contributed by atoms with Crippen molar-refractivity contribution in [1.29, 1.82) is 0 Å². The number of rotatable bonds is 4. The van der Waals surface area contributed by atoms with Crippen LogP contribution in [-0.2, 0) is 6.42 Å². The standard InChI is InChI=1S/C31H22N2/c1-3-13-28-24(9-1)15-17-32-30(28)26-11-5-7-22(20-26)19-23-8-6-12-27(21-23)31-29-14-4-2-10-25(29)16-18-33-31/h1-18,20-21H,19H2. The van der Waals surface area contributed by atoms with Gasteiger partial charge in [-0.05, 0) is 52.6 Å². The minimum atomic E-state index is 0.858. The molecule has 2 heterocycles. The summed E-state index contributed by atoms with van der Waals surface area (Å²) in [5.74, 6) is 0. The molecule has 0 N–H and O–H groups in total. The molecule has 6 aromatic rings. The molecule has 0 spiro atoms. The van der Waals surface area contributed by atoms with Crippen LogP contribution < -0.4 is 0 Å². The van der Waals surface area contributed by atoms with Crippen molar-refractivity contribution in [2.75, 3.05) is 0 Å². The van der Waals surface area contributed by atoms with E-state index in [2.05, 4.69) is 109 Å². The maximum atomic E-state index is 4.70. The van der Waals surface area contributed by atoms with Gasteiger partial charge < -0.3 is 0 Å². The molecule has 0 aliphatic heterocycles. The second-order valence-corrected chi connectivity index (χ2v) is 8.34. The van der Waals surface area contributed by atoms with E-state index in [4.69, 9.17) is 9.97 Å². The summed E-state index contributed by atoms with van der Waals surface area (Å²) in [6, 6.07) is 38.4. The second kappa shape index (κ2) is 8.33. The van der Waals surface area contributed by atoms with Gasteiger partial charge in [0.15, 0.2) is 0 Å². The highest BCUT2D eigenvalue weighted by atomic mass is 14.7. The van der Waals surface area contributed by atoms with Crippen LogP contribution in [0.1, 0.15) is 11.1 Å². The van der Waals surface area contributed by atoms with Crippen molar-refractivity contribution in [3.8, 4) is 22.5 Å². The van der Waals surface area contributed by atoms with Gasteiger partial charge in [0, 0.05) is 34.3 Å². The van der Waals surface area contributed by atoms with E-state index in [-0.39, 0.29) is 0 Å². The van der Waals surface area contributed by atoms with Gasteiger partial charge in [-0.1, -0.05) is 84.9 Å². The Labute approximate surface area is 193 Å². The van der Waals surface area contributed by atoms with E-state index in [9.17, 15) is 0 Å². The lowest BCUT2D eigenvalue weighted by molar-refractivity contribution is 1.19. The quantitative estimate of drug-likeness (QED) is 0.291. The molecule has 0 fully saturated rings. The number of hydrogen-bond acceptors (Lipinski definition) is 2. The van der Waals surface area contributed by atoms with E-state index in [1.54, 1.807) is 0 Å². The number of aromatic nitrogens is 2. The molecule has 0 bridgehead atoms. The lowest BCUT2D eigenvalue weighted by Gasteiger charge is -2.10. The van der Waals surface area contributed by atoms with Crippen LogP contribution in [0.5, 0.6) is 0 Å². The van der Waals surface area contributed by atoms with Crippen LogP contribution in [-0.4, -0.2) is 9.97 Å². The molecule has 6 rings (SSSR count). The molecular weight excluding hydrogens is 400 g/mol. The zero-order chi connectivity index (χ0) is 22.0. The number of benzene rings is 4. The van der Waals surface area contributed by atoms with Gasteiger partial charge in [0.05, 0.1) is 11.4 Å². The van der Waals surface area contributed by atoms with Gasteiger partial charge in [-0.2, -0.15) is 0 Å². The maximum Gasteiger partial charge on any atom is 0.0780 e. The van der Waals surface area contributed by atoms with Crippen molar-refractivity contribution in [3.63, 3.8) is 0 Å². The predicted octanol–water partition coefficient (Wildman–Crippen LogP) is 7.71. The Morgan fingerprint density at radius 2 is 0.939 bits per heavy atom. The summed E-state index contributed by atoms with van der Waals surface area (Å²) in [5.41, 5.74) is 6.90. The normalized spacial score (nSPS) is 11.2. The minimum Gasteiger partial charge on any atom is -0.256 e. The Bertz CT molecular complexity index is 1470. The van der Waals surface area contributed by atoms with Crippen LogP contribution in [0.15, 0.2) is 122 Å². The average molecular weight is 423 g/mol. The SMILES string of the molecule is c1cc(Cc2cccc(-c3nccc4ccccc34)c2)cc(-c2nccc3ccccc23)c1. The molecule has 156 valence electrons. The summed E-state index contributed by atoms with van der Waals surface area (Å²) < 4.78 is 0. The zero-order valence-electron chi connectivity index (χ0n) is 18.1. The Kier molecular flexibility index (Phi) is 4.89. The number of hydrogen-bond donors (Lipinski definition) is 0. The highest BCUT2D eigenvalue weighted by Crippen LogP contribution is 2.29. The summed E-state index contributed by atoms with van der Waals surface area (Å²) in [4.78, 5) is 9.40. The molecule has 2 nitrogen and oxygen atoms in total. The van der Waals surface area contributed by atoms with Crippen molar-refractivity contribution in [2.24, 2.45) is 0 Å². The summed E-state index contributed by atoms with van der Waals surface area (Å²) >= 11 is 0. The topological polar surface area (TPSA) is 25.8 Å². The molecule has 0 aliphatic carbocycles. The smallest absolute Gasteiger partial charge is 0.0780 e. The van der Waals surface area contributed by atoms with Crippen molar-refractivity contribution in [3.05, 3.63) is 133 Å². The van der Waals surface area contributed by atoms with Crippen LogP contribution in [0.4, 0.5) is 0 Å². The monoisotopic (exact) mass is 422 g/mol. The second-order valence-electron chi connectivity index (χ2n) is 8.34. The van der Waals surface area contributed by atoms with Crippen LogP contribution in [0.2, 0.25) is 0 Å². The number of fused-ring (bicyclic) bond motifs is 2. The molecule has 4 aromatic carbocycles. The Balaban J connectivity index is 1.36. The summed E-state index contributed by atoms with van der Waals surface area (Å²) in [7, 11) is 0. The highest BCUT2D eigenvalue weighted by Gasteiger charge is 2.08. The van der Waals surface area contributed by atoms with Gasteiger partial charge in [-0.25, -0.2) is 0 Å². The largest absolute Gasteiger partial charge is 0.256 e. The molecular formula is C31H22N2. The van der Waals surface area contributed by atoms with Crippen LogP contribution in [0.25, 0.3) is 44.1 Å². The molecule has 2 heteroatoms. The summed E-state index contributed by atoms with van der Waals surface area (Å²) in [5, 5.41) is 4.79. The average Bonchev–Trinajstić information content (AvgIpc) is 2.88. The molecule has 0 aliphatic rings. The fraction of sp³-hybridized carbons (Fsp3) is 0.0323. The van der Waals surface area contributed by atoms with Gasteiger partial charge >= 0.3 is 0 Å². The molecule has 2 aromatic heterocycles. The summed E-state index contributed by atoms with van der Waals surface area (Å²) in [6.45, 7) is 0. The van der Waals surface area contributed by atoms with Crippen LogP contribution >= 0.6 is 0 Å². The van der Waals surface area contributed by atoms with Crippen molar-refractivity contribution in [1.82, 2.24) is 9.97 Å². The van der Waals surface area contributed by atoms with E-state index in [0.29, 0.717) is 0 Å². The van der Waals surface area contributed by atoms with E-state index < -0.39 is 0 Å². The predicted molar refractivity (Wildman–Crippen MR) is 137 cm³/mol.